The number of para-hydroxylation sites is 1. The molecule has 0 radical (unpaired) electrons. The van der Waals surface area contributed by atoms with E-state index in [0.29, 0.717) is 0 Å². The molecule has 0 spiro atoms. The van der Waals surface area contributed by atoms with E-state index >= 15 is 0 Å². The molecule has 2 aromatic heterocycles. The van der Waals surface area contributed by atoms with Crippen molar-refractivity contribution < 1.29 is 4.42 Å². The zero-order chi connectivity index (χ0) is 41.2. The van der Waals surface area contributed by atoms with Gasteiger partial charge in [-0.2, -0.15) is 0 Å². The molecule has 0 bridgehead atoms. The Balaban J connectivity index is 1.11. The summed E-state index contributed by atoms with van der Waals surface area (Å²) in [4.78, 5) is 0. The molecule has 1 aliphatic carbocycles. The van der Waals surface area contributed by atoms with Gasteiger partial charge in [-0.25, -0.2) is 0 Å². The third-order valence-corrected chi connectivity index (χ3v) is 14.1. The number of rotatable bonds is 5. The number of hydrogen-bond acceptors (Lipinski definition) is 2. The summed E-state index contributed by atoms with van der Waals surface area (Å²) >= 11 is 0. The van der Waals surface area contributed by atoms with Crippen LogP contribution in [0.3, 0.4) is 0 Å². The summed E-state index contributed by atoms with van der Waals surface area (Å²) < 4.78 is 9.54. The fourth-order valence-electron chi connectivity index (χ4n) is 10.9. The van der Waals surface area contributed by atoms with Crippen LogP contribution in [0.2, 0.25) is 0 Å². The maximum absolute atomic E-state index is 6.96. The van der Waals surface area contributed by atoms with Crippen molar-refractivity contribution in [3.8, 4) is 39.3 Å². The zero-order valence-electron chi connectivity index (χ0n) is 35.5. The summed E-state index contributed by atoms with van der Waals surface area (Å²) in [5.41, 5.74) is 19.9. The lowest BCUT2D eigenvalue weighted by atomic mass is 9.58. The highest BCUT2D eigenvalue weighted by molar-refractivity contribution is 6.73. The summed E-state index contributed by atoms with van der Waals surface area (Å²) in [5.74, 6) is 0.904. The van der Waals surface area contributed by atoms with Gasteiger partial charge in [-0.15, -0.1) is 0 Å². The Morgan fingerprint density at radius 3 is 2.05 bits per heavy atom. The van der Waals surface area contributed by atoms with Crippen LogP contribution < -0.4 is 16.2 Å². The lowest BCUT2D eigenvalue weighted by Crippen LogP contribution is -2.37. The van der Waals surface area contributed by atoms with E-state index in [-0.39, 0.29) is 10.8 Å². The van der Waals surface area contributed by atoms with Crippen molar-refractivity contribution in [1.82, 2.24) is 4.57 Å². The first-order valence-electron chi connectivity index (χ1n) is 21.8. The maximum Gasteiger partial charge on any atom is 0.198 e. The van der Waals surface area contributed by atoms with Gasteiger partial charge in [0.05, 0.1) is 5.52 Å². The normalized spacial score (nSPS) is 14.9. The van der Waals surface area contributed by atoms with E-state index in [1.807, 2.05) is 0 Å². The van der Waals surface area contributed by atoms with Crippen molar-refractivity contribution in [2.24, 2.45) is 0 Å². The van der Waals surface area contributed by atoms with Gasteiger partial charge in [0.15, 0.2) is 7.28 Å². The number of furan rings is 1. The number of hydrogen-bond donors (Lipinski definition) is 1. The average Bonchev–Trinajstić information content (AvgIpc) is 3.82. The molecule has 2 aliphatic rings. The Hall–Kier alpha value is -6.78. The molecule has 0 saturated carbocycles. The van der Waals surface area contributed by atoms with Gasteiger partial charge in [0.2, 0.25) is 0 Å². The second-order valence-electron chi connectivity index (χ2n) is 18.9. The van der Waals surface area contributed by atoms with Crippen LogP contribution in [0.1, 0.15) is 57.2 Å². The highest BCUT2D eigenvalue weighted by Crippen LogP contribution is 2.48. The minimum absolute atomic E-state index is 0.128. The fourth-order valence-corrected chi connectivity index (χ4v) is 10.9. The SMILES string of the molecule is Cc1cc(-c2ccccc2Nc2ccc3c(c2)C(C)(C)CCC3(C)C)c2c3c1c1cc4ccccc4cc1n3-c1cc3c(-c4ccccc4)c(-c4ccccc4)oc3cc1B2. The number of fused-ring (bicyclic) bond motifs is 8. The molecule has 0 amide bonds. The third kappa shape index (κ3) is 5.51. The summed E-state index contributed by atoms with van der Waals surface area (Å²) in [6.45, 7) is 11.9. The molecule has 12 rings (SSSR count). The Labute approximate surface area is 357 Å². The monoisotopic (exact) mass is 786 g/mol. The maximum atomic E-state index is 6.96. The van der Waals surface area contributed by atoms with Crippen molar-refractivity contribution >= 4 is 73.1 Å². The van der Waals surface area contributed by atoms with Gasteiger partial charge >= 0.3 is 0 Å². The zero-order valence-corrected chi connectivity index (χ0v) is 35.5. The van der Waals surface area contributed by atoms with E-state index in [9.17, 15) is 0 Å². The van der Waals surface area contributed by atoms with E-state index < -0.39 is 0 Å². The quantitative estimate of drug-likeness (QED) is 0.176. The molecule has 0 atom stereocenters. The van der Waals surface area contributed by atoms with E-state index in [2.05, 4.69) is 202 Å². The molecule has 4 heteroatoms. The fraction of sp³-hybridized carbons (Fsp3) is 0.158. The van der Waals surface area contributed by atoms with Crippen molar-refractivity contribution in [2.75, 3.05) is 5.32 Å². The number of aryl methyl sites for hydroxylation is 1. The molecular formula is C57H47BN2O. The predicted molar refractivity (Wildman–Crippen MR) is 261 cm³/mol. The van der Waals surface area contributed by atoms with E-state index in [0.717, 1.165) is 52.1 Å². The predicted octanol–water partition coefficient (Wildman–Crippen LogP) is 13.8. The Morgan fingerprint density at radius 1 is 0.607 bits per heavy atom. The molecule has 294 valence electrons. The topological polar surface area (TPSA) is 30.1 Å². The molecule has 0 fully saturated rings. The molecule has 3 nitrogen and oxygen atoms in total. The molecule has 0 unspecified atom stereocenters. The molecular weight excluding hydrogens is 739 g/mol. The third-order valence-electron chi connectivity index (χ3n) is 14.1. The molecule has 3 heterocycles. The minimum atomic E-state index is 0.128. The average molecular weight is 787 g/mol. The lowest BCUT2D eigenvalue weighted by molar-refractivity contribution is 0.332. The van der Waals surface area contributed by atoms with Gasteiger partial charge in [0.25, 0.3) is 0 Å². The van der Waals surface area contributed by atoms with E-state index in [4.69, 9.17) is 4.42 Å². The first-order chi connectivity index (χ1) is 29.6. The smallest absolute Gasteiger partial charge is 0.198 e. The van der Waals surface area contributed by atoms with Crippen LogP contribution in [0.5, 0.6) is 0 Å². The van der Waals surface area contributed by atoms with Crippen molar-refractivity contribution in [3.63, 3.8) is 0 Å². The number of benzene rings is 8. The Kier molecular flexibility index (Phi) is 7.76. The summed E-state index contributed by atoms with van der Waals surface area (Å²) in [5, 5.41) is 10.2. The second-order valence-corrected chi connectivity index (χ2v) is 18.9. The second kappa shape index (κ2) is 13.1. The van der Waals surface area contributed by atoms with Crippen LogP contribution in [-0.4, -0.2) is 11.8 Å². The number of nitrogens with zero attached hydrogens (tertiary/aromatic N) is 1. The summed E-state index contributed by atoms with van der Waals surface area (Å²) in [7, 11) is 0.783. The molecule has 0 saturated heterocycles. The summed E-state index contributed by atoms with van der Waals surface area (Å²) in [6, 6.07) is 58.1. The number of nitrogens with one attached hydrogen (secondary N) is 1. The molecule has 1 aliphatic heterocycles. The van der Waals surface area contributed by atoms with Crippen LogP contribution in [-0.2, 0) is 10.8 Å². The van der Waals surface area contributed by atoms with Crippen LogP contribution >= 0.6 is 0 Å². The van der Waals surface area contributed by atoms with Crippen LogP contribution in [0.25, 0.3) is 82.8 Å². The van der Waals surface area contributed by atoms with Gasteiger partial charge in [-0.05, 0) is 117 Å². The standard InChI is InChI=1S/C57H47BN2O/c1-34-28-41(40-22-14-15-23-47(40)59-39-24-25-44-45(31-39)57(4,5)27-26-56(44,2)3)53-54-51(34)42-29-37-20-12-13-21-38(37)30-48(42)60(54)49-32-43-50(33-46(49)58-53)61-55(36-18-10-7-11-19-36)52(43)35-16-8-6-9-17-35/h6-25,28-33,58-59H,26-27H2,1-5H3. The molecule has 1 N–H and O–H groups in total. The molecule has 61 heavy (non-hydrogen) atoms. The number of anilines is 2. The van der Waals surface area contributed by atoms with E-state index in [1.165, 1.54) is 89.9 Å². The van der Waals surface area contributed by atoms with Crippen molar-refractivity contribution in [2.45, 2.75) is 58.3 Å². The van der Waals surface area contributed by atoms with Crippen LogP contribution in [0.15, 0.2) is 162 Å². The van der Waals surface area contributed by atoms with Gasteiger partial charge < -0.3 is 14.3 Å². The number of aromatic nitrogens is 1. The van der Waals surface area contributed by atoms with Gasteiger partial charge in [-0.1, -0.05) is 148 Å². The highest BCUT2D eigenvalue weighted by Gasteiger charge is 2.37. The first kappa shape index (κ1) is 36.1. The summed E-state index contributed by atoms with van der Waals surface area (Å²) in [6.07, 6.45) is 2.39. The van der Waals surface area contributed by atoms with Crippen molar-refractivity contribution in [3.05, 3.63) is 174 Å². The Bertz CT molecular complexity index is 3420. The highest BCUT2D eigenvalue weighted by atomic mass is 16.3. The van der Waals surface area contributed by atoms with Crippen molar-refractivity contribution in [1.29, 1.82) is 0 Å². The minimum Gasteiger partial charge on any atom is -0.455 e. The van der Waals surface area contributed by atoms with Crippen LogP contribution in [0, 0.1) is 6.92 Å². The van der Waals surface area contributed by atoms with Gasteiger partial charge in [-0.3, -0.25) is 0 Å². The van der Waals surface area contributed by atoms with Gasteiger partial charge in [0, 0.05) is 55.4 Å². The molecule has 8 aromatic carbocycles. The molecule has 10 aromatic rings. The largest absolute Gasteiger partial charge is 0.455 e. The van der Waals surface area contributed by atoms with Gasteiger partial charge in [0.1, 0.15) is 11.3 Å². The Morgan fingerprint density at radius 2 is 1.28 bits per heavy atom. The first-order valence-corrected chi connectivity index (χ1v) is 21.8. The van der Waals surface area contributed by atoms with Crippen LogP contribution in [0.4, 0.5) is 11.4 Å². The van der Waals surface area contributed by atoms with E-state index in [1.54, 1.807) is 0 Å². The lowest BCUT2D eigenvalue weighted by Gasteiger charge is -2.42.